The van der Waals surface area contributed by atoms with Gasteiger partial charge in [-0.15, -0.1) is 0 Å². The molecule has 0 bridgehead atoms. The van der Waals surface area contributed by atoms with E-state index in [9.17, 15) is 0 Å². The molecule has 0 unspecified atom stereocenters. The van der Waals surface area contributed by atoms with E-state index in [0.717, 1.165) is 27.1 Å². The normalized spacial score (nSPS) is 11.2. The van der Waals surface area contributed by atoms with Crippen LogP contribution in [0.3, 0.4) is 0 Å². The highest BCUT2D eigenvalue weighted by Crippen LogP contribution is 2.24. The molecule has 0 radical (unpaired) electrons. The second-order valence-electron chi connectivity index (χ2n) is 4.12. The Hall–Kier alpha value is -0.810. The Morgan fingerprint density at radius 1 is 1.18 bits per heavy atom. The van der Waals surface area contributed by atoms with Crippen molar-refractivity contribution in [3.63, 3.8) is 0 Å². The molecule has 6 heteroatoms. The fourth-order valence-corrected chi connectivity index (χ4v) is 2.35. The van der Waals surface area contributed by atoms with Gasteiger partial charge in [0, 0.05) is 12.6 Å². The Bertz CT molecular complexity index is 571. The lowest BCUT2D eigenvalue weighted by Gasteiger charge is -2.04. The summed E-state index contributed by atoms with van der Waals surface area (Å²) in [5, 5.41) is 9.44. The first-order valence-corrected chi connectivity index (χ1v) is 6.46. The van der Waals surface area contributed by atoms with Crippen molar-refractivity contribution in [3.8, 4) is 0 Å². The van der Waals surface area contributed by atoms with Crippen molar-refractivity contribution < 1.29 is 0 Å². The first kappa shape index (κ1) is 12.6. The zero-order chi connectivity index (χ0) is 12.7. The van der Waals surface area contributed by atoms with Gasteiger partial charge in [-0.25, -0.2) is 0 Å². The molecule has 17 heavy (non-hydrogen) atoms. The lowest BCUT2D eigenvalue weighted by atomic mass is 10.2. The van der Waals surface area contributed by atoms with Crippen LogP contribution in [0.25, 0.3) is 0 Å². The fourth-order valence-electron chi connectivity index (χ4n) is 1.83. The van der Waals surface area contributed by atoms with Crippen LogP contribution in [0, 0.1) is 20.8 Å². The van der Waals surface area contributed by atoms with Gasteiger partial charge in [0.2, 0.25) is 0 Å². The summed E-state index contributed by atoms with van der Waals surface area (Å²) in [6.07, 6.45) is 0. The maximum atomic E-state index is 6.21. The van der Waals surface area contributed by atoms with E-state index in [0.29, 0.717) is 11.7 Å². The van der Waals surface area contributed by atoms with Crippen molar-refractivity contribution >= 4 is 27.5 Å². The maximum Gasteiger partial charge on any atom is 0.132 e. The number of hydrogen-bond donors (Lipinski definition) is 0. The molecule has 0 amide bonds. The first-order valence-electron chi connectivity index (χ1n) is 5.29. The van der Waals surface area contributed by atoms with Gasteiger partial charge in [-0.1, -0.05) is 11.6 Å². The van der Waals surface area contributed by atoms with Gasteiger partial charge in [0.1, 0.15) is 5.15 Å². The Morgan fingerprint density at radius 2 is 1.82 bits per heavy atom. The van der Waals surface area contributed by atoms with Crippen LogP contribution in [0.4, 0.5) is 0 Å². The van der Waals surface area contributed by atoms with Crippen LogP contribution in [-0.4, -0.2) is 19.6 Å². The summed E-state index contributed by atoms with van der Waals surface area (Å²) in [5.41, 5.74) is 4.05. The van der Waals surface area contributed by atoms with E-state index >= 15 is 0 Å². The Labute approximate surface area is 114 Å². The molecular formula is C11H14BrClN4. The zero-order valence-electron chi connectivity index (χ0n) is 10.3. The molecule has 0 aliphatic heterocycles. The second-order valence-corrected chi connectivity index (χ2v) is 5.27. The third-order valence-corrected chi connectivity index (χ3v) is 4.49. The molecule has 0 aliphatic carbocycles. The van der Waals surface area contributed by atoms with E-state index in [4.69, 9.17) is 11.6 Å². The number of nitrogens with zero attached hydrogens (tertiary/aromatic N) is 4. The minimum absolute atomic E-state index is 0.650. The van der Waals surface area contributed by atoms with Gasteiger partial charge in [-0.3, -0.25) is 9.36 Å². The number of aromatic nitrogens is 4. The van der Waals surface area contributed by atoms with E-state index in [1.807, 2.05) is 32.5 Å². The third-order valence-electron chi connectivity index (χ3n) is 2.87. The summed E-state index contributed by atoms with van der Waals surface area (Å²) < 4.78 is 4.68. The van der Waals surface area contributed by atoms with E-state index < -0.39 is 0 Å². The van der Waals surface area contributed by atoms with Crippen LogP contribution < -0.4 is 0 Å². The lowest BCUT2D eigenvalue weighted by molar-refractivity contribution is 0.656. The standard InChI is InChI=1S/C11H14BrClN4/c1-6-9(11(13)16(4)14-6)5-17-8(3)10(12)7(2)15-17/h5H2,1-4H3. The predicted molar refractivity (Wildman–Crippen MR) is 71.5 cm³/mol. The van der Waals surface area contributed by atoms with Crippen LogP contribution in [0.1, 0.15) is 22.6 Å². The smallest absolute Gasteiger partial charge is 0.132 e. The number of rotatable bonds is 2. The third kappa shape index (κ3) is 2.13. The fraction of sp³-hybridized carbons (Fsp3) is 0.455. The molecule has 0 aromatic carbocycles. The molecule has 92 valence electrons. The van der Waals surface area contributed by atoms with E-state index in [1.54, 1.807) is 4.68 Å². The summed E-state index contributed by atoms with van der Waals surface area (Å²) in [7, 11) is 1.84. The number of hydrogen-bond acceptors (Lipinski definition) is 2. The summed E-state index contributed by atoms with van der Waals surface area (Å²) in [4.78, 5) is 0. The minimum Gasteiger partial charge on any atom is -0.264 e. The van der Waals surface area contributed by atoms with E-state index in [-0.39, 0.29) is 0 Å². The number of aryl methyl sites for hydroxylation is 3. The number of halogens is 2. The Morgan fingerprint density at radius 3 is 2.24 bits per heavy atom. The van der Waals surface area contributed by atoms with Crippen molar-refractivity contribution in [2.45, 2.75) is 27.3 Å². The second kappa shape index (κ2) is 4.46. The highest BCUT2D eigenvalue weighted by Gasteiger charge is 2.15. The molecule has 0 N–H and O–H groups in total. The lowest BCUT2D eigenvalue weighted by Crippen LogP contribution is -2.05. The van der Waals surface area contributed by atoms with Gasteiger partial charge in [-0.2, -0.15) is 10.2 Å². The molecule has 2 rings (SSSR count). The average molecular weight is 318 g/mol. The van der Waals surface area contributed by atoms with Crippen molar-refractivity contribution in [2.75, 3.05) is 0 Å². The Balaban J connectivity index is 2.41. The minimum atomic E-state index is 0.650. The van der Waals surface area contributed by atoms with Crippen molar-refractivity contribution in [1.29, 1.82) is 0 Å². The highest BCUT2D eigenvalue weighted by molar-refractivity contribution is 9.10. The van der Waals surface area contributed by atoms with Gasteiger partial charge < -0.3 is 0 Å². The van der Waals surface area contributed by atoms with Crippen LogP contribution in [0.15, 0.2) is 4.47 Å². The van der Waals surface area contributed by atoms with Crippen LogP contribution >= 0.6 is 27.5 Å². The topological polar surface area (TPSA) is 35.6 Å². The molecule has 2 aromatic heterocycles. The molecule has 4 nitrogen and oxygen atoms in total. The summed E-state index contributed by atoms with van der Waals surface area (Å²) >= 11 is 9.73. The van der Waals surface area contributed by atoms with E-state index in [2.05, 4.69) is 26.1 Å². The zero-order valence-corrected chi connectivity index (χ0v) is 12.6. The molecule has 2 aromatic rings. The van der Waals surface area contributed by atoms with Crippen molar-refractivity contribution in [2.24, 2.45) is 7.05 Å². The summed E-state index contributed by atoms with van der Waals surface area (Å²) in [5.74, 6) is 0. The van der Waals surface area contributed by atoms with Gasteiger partial charge in [-0.05, 0) is 36.7 Å². The largest absolute Gasteiger partial charge is 0.264 e. The van der Waals surface area contributed by atoms with Crippen molar-refractivity contribution in [3.05, 3.63) is 32.3 Å². The SMILES string of the molecule is Cc1nn(Cc2c(C)nn(C)c2Cl)c(C)c1Br. The molecule has 2 heterocycles. The monoisotopic (exact) mass is 316 g/mol. The first-order chi connectivity index (χ1) is 7.91. The van der Waals surface area contributed by atoms with Crippen LogP contribution in [0.5, 0.6) is 0 Å². The molecule has 0 fully saturated rings. The quantitative estimate of drug-likeness (QED) is 0.853. The Kier molecular flexibility index (Phi) is 3.32. The highest BCUT2D eigenvalue weighted by atomic mass is 79.9. The predicted octanol–water partition coefficient (Wildman–Crippen LogP) is 3.01. The van der Waals surface area contributed by atoms with Crippen LogP contribution in [-0.2, 0) is 13.6 Å². The molecule has 0 saturated carbocycles. The van der Waals surface area contributed by atoms with E-state index in [1.165, 1.54) is 0 Å². The maximum absolute atomic E-state index is 6.21. The molecular weight excluding hydrogens is 304 g/mol. The summed E-state index contributed by atoms with van der Waals surface area (Å²) in [6, 6.07) is 0. The molecule has 0 spiro atoms. The van der Waals surface area contributed by atoms with Gasteiger partial charge in [0.25, 0.3) is 0 Å². The van der Waals surface area contributed by atoms with Gasteiger partial charge >= 0.3 is 0 Å². The average Bonchev–Trinajstić information content (AvgIpc) is 2.65. The molecule has 0 atom stereocenters. The van der Waals surface area contributed by atoms with Crippen LogP contribution in [0.2, 0.25) is 5.15 Å². The molecule has 0 saturated heterocycles. The molecule has 0 aliphatic rings. The van der Waals surface area contributed by atoms with Gasteiger partial charge in [0.15, 0.2) is 0 Å². The summed E-state index contributed by atoms with van der Waals surface area (Å²) in [6.45, 7) is 6.62. The van der Waals surface area contributed by atoms with Crippen molar-refractivity contribution in [1.82, 2.24) is 19.6 Å². The van der Waals surface area contributed by atoms with Gasteiger partial charge in [0.05, 0.1) is 28.1 Å².